The molecular weight excluding hydrogens is 446 g/mol. The van der Waals surface area contributed by atoms with Gasteiger partial charge in [-0.25, -0.2) is 4.79 Å². The largest absolute Gasteiger partial charge is 0.496 e. The predicted octanol–water partition coefficient (Wildman–Crippen LogP) is 3.20. The predicted molar refractivity (Wildman–Crippen MR) is 135 cm³/mol. The third-order valence-electron chi connectivity index (χ3n) is 7.76. The highest BCUT2D eigenvalue weighted by Crippen LogP contribution is 2.45. The highest BCUT2D eigenvalue weighted by Gasteiger charge is 2.40. The van der Waals surface area contributed by atoms with E-state index >= 15 is 0 Å². The third-order valence-corrected chi connectivity index (χ3v) is 7.76. The monoisotopic (exact) mass is 479 g/mol. The molecule has 0 bridgehead atoms. The molecular formula is C27H33N3O5. The quantitative estimate of drug-likeness (QED) is 0.482. The molecule has 2 aliphatic rings. The standard InChI is InChI=1S/C27H33N3O5/c1-33-22-9-6-7-16-10-11-17-19(25(16)22)15-28-20(17)8-4-5-12-30-26(31)18-13-23(34-2)24(35-3)14-21(18)29-27(30)32/h6-7,9,13-14,17,19-20,28H,4-5,8,10-12,15H2,1-3H3,(H,29,32)/t17-,19-,20?/m1/s1. The number of aromatic nitrogens is 2. The first kappa shape index (κ1) is 23.5. The lowest BCUT2D eigenvalue weighted by atomic mass is 9.73. The van der Waals surface area contributed by atoms with Crippen molar-refractivity contribution in [3.63, 3.8) is 0 Å². The van der Waals surface area contributed by atoms with Gasteiger partial charge in [-0.15, -0.1) is 0 Å². The number of unbranched alkanes of at least 4 members (excludes halogenated alkanes) is 1. The van der Waals surface area contributed by atoms with E-state index in [1.165, 1.54) is 36.3 Å². The van der Waals surface area contributed by atoms with E-state index in [1.807, 2.05) is 0 Å². The number of aromatic amines is 1. The first-order chi connectivity index (χ1) is 17.0. The van der Waals surface area contributed by atoms with Crippen molar-refractivity contribution < 1.29 is 14.2 Å². The Labute approximate surface area is 204 Å². The molecule has 1 aromatic heterocycles. The van der Waals surface area contributed by atoms with Gasteiger partial charge in [-0.3, -0.25) is 9.36 Å². The molecule has 1 fully saturated rings. The van der Waals surface area contributed by atoms with Gasteiger partial charge < -0.3 is 24.5 Å². The van der Waals surface area contributed by atoms with Gasteiger partial charge in [-0.2, -0.15) is 0 Å². The van der Waals surface area contributed by atoms with Crippen LogP contribution in [0.25, 0.3) is 10.9 Å². The zero-order chi connectivity index (χ0) is 24.5. The van der Waals surface area contributed by atoms with Crippen molar-refractivity contribution in [1.82, 2.24) is 14.9 Å². The number of nitrogens with one attached hydrogen (secondary N) is 2. The summed E-state index contributed by atoms with van der Waals surface area (Å²) in [4.78, 5) is 28.5. The van der Waals surface area contributed by atoms with Crippen LogP contribution in [0.4, 0.5) is 0 Å². The fourth-order valence-electron chi connectivity index (χ4n) is 6.04. The second-order valence-corrected chi connectivity index (χ2v) is 9.49. The van der Waals surface area contributed by atoms with Gasteiger partial charge in [-0.1, -0.05) is 18.6 Å². The lowest BCUT2D eigenvalue weighted by Crippen LogP contribution is -2.35. The molecule has 1 aliphatic carbocycles. The van der Waals surface area contributed by atoms with Crippen LogP contribution in [-0.2, 0) is 13.0 Å². The molecule has 2 N–H and O–H groups in total. The Bertz CT molecular complexity index is 1330. The van der Waals surface area contributed by atoms with Crippen molar-refractivity contribution in [3.05, 3.63) is 62.3 Å². The Hall–Kier alpha value is -3.26. The number of benzene rings is 2. The average Bonchev–Trinajstić information content (AvgIpc) is 3.30. The van der Waals surface area contributed by atoms with Gasteiger partial charge in [0.1, 0.15) is 5.75 Å². The Kier molecular flexibility index (Phi) is 6.56. The van der Waals surface area contributed by atoms with Gasteiger partial charge in [0.2, 0.25) is 0 Å². The number of methoxy groups -OCH3 is 3. The Morgan fingerprint density at radius 1 is 1.00 bits per heavy atom. The van der Waals surface area contributed by atoms with Crippen molar-refractivity contribution in [2.75, 3.05) is 27.9 Å². The molecule has 5 rings (SSSR count). The Balaban J connectivity index is 1.25. The summed E-state index contributed by atoms with van der Waals surface area (Å²) in [5.41, 5.74) is 2.53. The van der Waals surface area contributed by atoms with E-state index in [0.29, 0.717) is 46.8 Å². The van der Waals surface area contributed by atoms with E-state index in [1.54, 1.807) is 19.2 Å². The number of ether oxygens (including phenoxy) is 3. The van der Waals surface area contributed by atoms with Crippen LogP contribution in [0.1, 0.15) is 42.7 Å². The Morgan fingerprint density at radius 2 is 1.77 bits per heavy atom. The maximum Gasteiger partial charge on any atom is 0.328 e. The lowest BCUT2D eigenvalue weighted by molar-refractivity contribution is 0.337. The fourth-order valence-corrected chi connectivity index (χ4v) is 6.04. The minimum absolute atomic E-state index is 0.306. The molecule has 3 atom stereocenters. The summed E-state index contributed by atoms with van der Waals surface area (Å²) < 4.78 is 17.6. The smallest absolute Gasteiger partial charge is 0.328 e. The number of hydrogen-bond acceptors (Lipinski definition) is 6. The average molecular weight is 480 g/mol. The normalized spacial score (nSPS) is 20.9. The van der Waals surface area contributed by atoms with E-state index in [-0.39, 0.29) is 5.56 Å². The molecule has 0 radical (unpaired) electrons. The molecule has 3 aromatic rings. The fraction of sp³-hybridized carbons (Fsp3) is 0.481. The lowest BCUT2D eigenvalue weighted by Gasteiger charge is -2.31. The highest BCUT2D eigenvalue weighted by atomic mass is 16.5. The molecule has 1 saturated heterocycles. The summed E-state index contributed by atoms with van der Waals surface area (Å²) in [6, 6.07) is 10.1. The zero-order valence-electron chi connectivity index (χ0n) is 20.6. The van der Waals surface area contributed by atoms with Crippen molar-refractivity contribution in [2.45, 2.75) is 50.6 Å². The van der Waals surface area contributed by atoms with Crippen LogP contribution in [-0.4, -0.2) is 43.5 Å². The SMILES string of the molecule is COc1cc2[nH]c(=O)n(CCCCC3NC[C@H]4c5c(cccc5OC)CC[C@@H]34)c(=O)c2cc1OC. The molecule has 8 nitrogen and oxygen atoms in total. The van der Waals surface area contributed by atoms with Crippen molar-refractivity contribution in [3.8, 4) is 17.2 Å². The maximum absolute atomic E-state index is 13.1. The summed E-state index contributed by atoms with van der Waals surface area (Å²) in [5, 5.41) is 4.16. The first-order valence-electron chi connectivity index (χ1n) is 12.3. The molecule has 0 saturated carbocycles. The van der Waals surface area contributed by atoms with Gasteiger partial charge >= 0.3 is 5.69 Å². The summed E-state index contributed by atoms with van der Waals surface area (Å²) in [6.07, 6.45) is 4.99. The van der Waals surface area contributed by atoms with Gasteiger partial charge in [0, 0.05) is 36.7 Å². The molecule has 0 spiro atoms. The third kappa shape index (κ3) is 4.20. The van der Waals surface area contributed by atoms with Crippen molar-refractivity contribution in [2.24, 2.45) is 5.92 Å². The van der Waals surface area contributed by atoms with Crippen LogP contribution in [0.2, 0.25) is 0 Å². The number of nitrogens with zero attached hydrogens (tertiary/aromatic N) is 1. The minimum atomic E-state index is -0.398. The van der Waals surface area contributed by atoms with Gasteiger partial charge in [-0.05, 0) is 49.3 Å². The molecule has 8 heteroatoms. The summed E-state index contributed by atoms with van der Waals surface area (Å²) in [6.45, 7) is 1.35. The van der Waals surface area contributed by atoms with Crippen LogP contribution < -0.4 is 30.8 Å². The Morgan fingerprint density at radius 3 is 2.54 bits per heavy atom. The van der Waals surface area contributed by atoms with Crippen LogP contribution >= 0.6 is 0 Å². The van der Waals surface area contributed by atoms with Gasteiger partial charge in [0.25, 0.3) is 5.56 Å². The van der Waals surface area contributed by atoms with Gasteiger partial charge in [0.15, 0.2) is 11.5 Å². The van der Waals surface area contributed by atoms with E-state index in [9.17, 15) is 9.59 Å². The molecule has 2 aromatic carbocycles. The molecule has 35 heavy (non-hydrogen) atoms. The van der Waals surface area contributed by atoms with E-state index in [2.05, 4.69) is 28.5 Å². The molecule has 1 unspecified atom stereocenters. The number of aryl methyl sites for hydroxylation is 1. The molecule has 0 amide bonds. The molecule has 186 valence electrons. The number of hydrogen-bond donors (Lipinski definition) is 2. The summed E-state index contributed by atoms with van der Waals surface area (Å²) in [7, 11) is 4.80. The van der Waals surface area contributed by atoms with E-state index in [4.69, 9.17) is 14.2 Å². The summed E-state index contributed by atoms with van der Waals surface area (Å²) >= 11 is 0. The van der Waals surface area contributed by atoms with Crippen molar-refractivity contribution in [1.29, 1.82) is 0 Å². The summed E-state index contributed by atoms with van der Waals surface area (Å²) in [5.74, 6) is 3.01. The van der Waals surface area contributed by atoms with Crippen LogP contribution in [0.15, 0.2) is 39.9 Å². The number of fused-ring (bicyclic) bond motifs is 4. The molecule has 1 aliphatic heterocycles. The van der Waals surface area contributed by atoms with E-state index in [0.717, 1.165) is 38.0 Å². The topological polar surface area (TPSA) is 94.6 Å². The number of rotatable bonds is 8. The highest BCUT2D eigenvalue weighted by molar-refractivity contribution is 5.81. The minimum Gasteiger partial charge on any atom is -0.496 e. The van der Waals surface area contributed by atoms with Crippen LogP contribution in [0, 0.1) is 5.92 Å². The molecule has 2 heterocycles. The second-order valence-electron chi connectivity index (χ2n) is 9.49. The van der Waals surface area contributed by atoms with Crippen LogP contribution in [0.5, 0.6) is 17.2 Å². The van der Waals surface area contributed by atoms with Crippen LogP contribution in [0.3, 0.4) is 0 Å². The van der Waals surface area contributed by atoms with E-state index < -0.39 is 5.69 Å². The maximum atomic E-state index is 13.1. The first-order valence-corrected chi connectivity index (χ1v) is 12.3. The van der Waals surface area contributed by atoms with Crippen molar-refractivity contribution >= 4 is 10.9 Å². The second kappa shape index (κ2) is 9.77. The zero-order valence-corrected chi connectivity index (χ0v) is 20.6. The number of H-pyrrole nitrogens is 1. The van der Waals surface area contributed by atoms with Gasteiger partial charge in [0.05, 0.1) is 32.2 Å².